The molecule has 0 aliphatic carbocycles. The molecule has 0 N–H and O–H groups in total. The molecule has 2 aliphatic heterocycles. The average Bonchev–Trinajstić information content (AvgIpc) is 2.76. The number of carbonyl (C=O) groups excluding carboxylic acids is 2. The van der Waals surface area contributed by atoms with Crippen LogP contribution in [-0.2, 0) is 17.4 Å². The van der Waals surface area contributed by atoms with Gasteiger partial charge in [0.1, 0.15) is 18.1 Å². The molecule has 1 fully saturated rings. The van der Waals surface area contributed by atoms with E-state index in [1.807, 2.05) is 0 Å². The van der Waals surface area contributed by atoms with Crippen LogP contribution in [0.1, 0.15) is 34.3 Å². The van der Waals surface area contributed by atoms with Crippen molar-refractivity contribution in [1.82, 2.24) is 4.90 Å². The van der Waals surface area contributed by atoms with Crippen LogP contribution >= 0.6 is 0 Å². The number of ketones is 1. The van der Waals surface area contributed by atoms with Crippen molar-refractivity contribution >= 4 is 11.7 Å². The molecule has 0 saturated carbocycles. The van der Waals surface area contributed by atoms with Crippen LogP contribution in [0.3, 0.4) is 0 Å². The maximum Gasteiger partial charge on any atom is 0.416 e. The van der Waals surface area contributed by atoms with Gasteiger partial charge in [-0.25, -0.2) is 0 Å². The number of amides is 1. The fourth-order valence-corrected chi connectivity index (χ4v) is 3.85. The van der Waals surface area contributed by atoms with Crippen LogP contribution in [0.2, 0.25) is 0 Å². The summed E-state index contributed by atoms with van der Waals surface area (Å²) in [5, 5.41) is 0. The first kappa shape index (κ1) is 21.2. The smallest absolute Gasteiger partial charge is 0.416 e. The maximum absolute atomic E-state index is 12.8. The number of piperidine rings is 1. The van der Waals surface area contributed by atoms with E-state index in [-0.39, 0.29) is 30.6 Å². The molecule has 1 saturated heterocycles. The summed E-state index contributed by atoms with van der Waals surface area (Å²) in [6, 6.07) is 9.85. The molecule has 2 aromatic rings. The number of hydrogen-bond donors (Lipinski definition) is 0. The predicted octanol–water partition coefficient (Wildman–Crippen LogP) is 4.14. The van der Waals surface area contributed by atoms with Gasteiger partial charge in [-0.05, 0) is 61.2 Å². The van der Waals surface area contributed by atoms with Crippen molar-refractivity contribution in [1.29, 1.82) is 0 Å². The Morgan fingerprint density at radius 3 is 2.48 bits per heavy atom. The number of halogens is 3. The minimum Gasteiger partial charge on any atom is -0.493 e. The van der Waals surface area contributed by atoms with Crippen LogP contribution in [-0.4, -0.2) is 42.9 Å². The first-order valence-corrected chi connectivity index (χ1v) is 10.2. The standard InChI is InChI=1S/C23H22F3NO4/c24-23(25,26)18-2-4-20(5-3-18)30-13-15-7-9-27(10-8-15)22(29)16-1-6-21-17(11-16)12-19(28)14-31-21/h1-6,11,15H,7-10,12-14H2. The highest BCUT2D eigenvalue weighted by atomic mass is 19.4. The molecule has 2 heterocycles. The fourth-order valence-electron chi connectivity index (χ4n) is 3.85. The SMILES string of the molecule is O=C1COc2ccc(C(=O)N3CCC(COc4ccc(C(F)(F)F)cc4)CC3)cc2C1. The Morgan fingerprint density at radius 1 is 1.10 bits per heavy atom. The number of benzene rings is 2. The van der Waals surface area contributed by atoms with Crippen LogP contribution in [0.5, 0.6) is 11.5 Å². The number of hydrogen-bond acceptors (Lipinski definition) is 4. The summed E-state index contributed by atoms with van der Waals surface area (Å²) in [6.07, 6.45) is -2.59. The third-order valence-corrected chi connectivity index (χ3v) is 5.65. The maximum atomic E-state index is 12.8. The van der Waals surface area contributed by atoms with Gasteiger partial charge in [-0.3, -0.25) is 9.59 Å². The highest BCUT2D eigenvalue weighted by molar-refractivity contribution is 5.95. The zero-order chi connectivity index (χ0) is 22.0. The van der Waals surface area contributed by atoms with E-state index in [4.69, 9.17) is 9.47 Å². The summed E-state index contributed by atoms with van der Waals surface area (Å²) in [4.78, 5) is 26.2. The molecule has 0 unspecified atom stereocenters. The van der Waals surface area contributed by atoms with Crippen LogP contribution in [0, 0.1) is 5.92 Å². The van der Waals surface area contributed by atoms with E-state index in [0.717, 1.165) is 30.5 Å². The second-order valence-corrected chi connectivity index (χ2v) is 7.90. The molecule has 0 aromatic heterocycles. The van der Waals surface area contributed by atoms with Crippen molar-refractivity contribution in [2.24, 2.45) is 5.92 Å². The summed E-state index contributed by atoms with van der Waals surface area (Å²) < 4.78 is 48.9. The van der Waals surface area contributed by atoms with Gasteiger partial charge in [-0.1, -0.05) is 0 Å². The zero-order valence-corrected chi connectivity index (χ0v) is 16.8. The third-order valence-electron chi connectivity index (χ3n) is 5.65. The highest BCUT2D eigenvalue weighted by Crippen LogP contribution is 2.31. The van der Waals surface area contributed by atoms with Crippen molar-refractivity contribution in [3.63, 3.8) is 0 Å². The van der Waals surface area contributed by atoms with E-state index in [0.29, 0.717) is 36.8 Å². The van der Waals surface area contributed by atoms with Gasteiger partial charge in [0.2, 0.25) is 0 Å². The van der Waals surface area contributed by atoms with Crippen LogP contribution in [0.25, 0.3) is 0 Å². The van der Waals surface area contributed by atoms with Crippen molar-refractivity contribution in [2.45, 2.75) is 25.4 Å². The van der Waals surface area contributed by atoms with Gasteiger partial charge in [0.05, 0.1) is 12.2 Å². The van der Waals surface area contributed by atoms with Gasteiger partial charge in [0.25, 0.3) is 5.91 Å². The van der Waals surface area contributed by atoms with Crippen molar-refractivity contribution in [2.75, 3.05) is 26.3 Å². The van der Waals surface area contributed by atoms with Gasteiger partial charge in [-0.15, -0.1) is 0 Å². The number of ether oxygens (including phenoxy) is 2. The second-order valence-electron chi connectivity index (χ2n) is 7.90. The lowest BCUT2D eigenvalue weighted by atomic mass is 9.96. The van der Waals surface area contributed by atoms with Gasteiger partial charge < -0.3 is 14.4 Å². The summed E-state index contributed by atoms with van der Waals surface area (Å²) in [6.45, 7) is 1.62. The number of alkyl halides is 3. The van der Waals surface area contributed by atoms with Gasteiger partial charge >= 0.3 is 6.18 Å². The molecule has 0 radical (unpaired) electrons. The lowest BCUT2D eigenvalue weighted by Crippen LogP contribution is -2.39. The predicted molar refractivity (Wildman–Crippen MR) is 106 cm³/mol. The summed E-state index contributed by atoms with van der Waals surface area (Å²) >= 11 is 0. The molecule has 0 atom stereocenters. The first-order chi connectivity index (χ1) is 14.8. The van der Waals surface area contributed by atoms with E-state index in [1.165, 1.54) is 12.1 Å². The van der Waals surface area contributed by atoms with Crippen molar-refractivity contribution in [3.05, 3.63) is 59.2 Å². The largest absolute Gasteiger partial charge is 0.493 e. The number of nitrogens with zero attached hydrogens (tertiary/aromatic N) is 1. The topological polar surface area (TPSA) is 55.8 Å². The molecule has 0 bridgehead atoms. The molecule has 31 heavy (non-hydrogen) atoms. The number of Topliss-reactive ketones (excluding diaryl/α,β-unsaturated/α-hetero) is 1. The van der Waals surface area contributed by atoms with E-state index in [9.17, 15) is 22.8 Å². The number of rotatable bonds is 4. The van der Waals surface area contributed by atoms with E-state index in [1.54, 1.807) is 23.1 Å². The Bertz CT molecular complexity index is 964. The Kier molecular flexibility index (Phi) is 5.89. The second kappa shape index (κ2) is 8.61. The Balaban J connectivity index is 1.28. The quantitative estimate of drug-likeness (QED) is 0.727. The number of carbonyl (C=O) groups is 2. The van der Waals surface area contributed by atoms with Gasteiger partial charge in [-0.2, -0.15) is 13.2 Å². The lowest BCUT2D eigenvalue weighted by molar-refractivity contribution is -0.137. The lowest BCUT2D eigenvalue weighted by Gasteiger charge is -2.32. The first-order valence-electron chi connectivity index (χ1n) is 10.2. The Hall–Kier alpha value is -3.03. The summed E-state index contributed by atoms with van der Waals surface area (Å²) in [7, 11) is 0. The van der Waals surface area contributed by atoms with Crippen molar-refractivity contribution < 1.29 is 32.2 Å². The number of fused-ring (bicyclic) bond motifs is 1. The third kappa shape index (κ3) is 5.00. The molecule has 0 spiro atoms. The molecule has 164 valence electrons. The monoisotopic (exact) mass is 433 g/mol. The van der Waals surface area contributed by atoms with Crippen LogP contribution in [0.4, 0.5) is 13.2 Å². The highest BCUT2D eigenvalue weighted by Gasteiger charge is 2.30. The average molecular weight is 433 g/mol. The Morgan fingerprint density at radius 2 is 1.81 bits per heavy atom. The molecule has 1 amide bonds. The zero-order valence-electron chi connectivity index (χ0n) is 16.8. The minimum atomic E-state index is -4.36. The molecular formula is C23H22F3NO4. The van der Waals surface area contributed by atoms with E-state index in [2.05, 4.69) is 0 Å². The molecule has 4 rings (SSSR count). The summed E-state index contributed by atoms with van der Waals surface area (Å²) in [5.74, 6) is 1.18. The Labute approximate surface area is 177 Å². The normalized spacial score (nSPS) is 17.1. The molecule has 8 heteroatoms. The summed E-state index contributed by atoms with van der Waals surface area (Å²) in [5.41, 5.74) is 0.572. The van der Waals surface area contributed by atoms with Crippen LogP contribution < -0.4 is 9.47 Å². The van der Waals surface area contributed by atoms with Gasteiger partial charge in [0, 0.05) is 30.6 Å². The minimum absolute atomic E-state index is 0.00837. The molecular weight excluding hydrogens is 411 g/mol. The van der Waals surface area contributed by atoms with E-state index < -0.39 is 11.7 Å². The molecule has 2 aromatic carbocycles. The molecule has 2 aliphatic rings. The van der Waals surface area contributed by atoms with E-state index >= 15 is 0 Å². The van der Waals surface area contributed by atoms with Crippen LogP contribution in [0.15, 0.2) is 42.5 Å². The van der Waals surface area contributed by atoms with Gasteiger partial charge in [0.15, 0.2) is 5.78 Å². The number of likely N-dealkylation sites (tertiary alicyclic amines) is 1. The molecule has 5 nitrogen and oxygen atoms in total. The fraction of sp³-hybridized carbons (Fsp3) is 0.391. The van der Waals surface area contributed by atoms with Crippen molar-refractivity contribution in [3.8, 4) is 11.5 Å².